The van der Waals surface area contributed by atoms with Crippen molar-refractivity contribution >= 4 is 47.2 Å². The molecule has 0 spiro atoms. The summed E-state index contributed by atoms with van der Waals surface area (Å²) in [5.74, 6) is 1.01. The number of pyridine rings is 1. The average Bonchev–Trinajstić information content (AvgIpc) is 1.67. The van der Waals surface area contributed by atoms with Crippen molar-refractivity contribution in [2.45, 2.75) is 304 Å². The number of rotatable bonds is 29. The number of fused-ring (bicyclic) bond motifs is 2. The molecule has 5 rings (SSSR count). The minimum atomic E-state index is -0.821. The van der Waals surface area contributed by atoms with Gasteiger partial charge in [-0.3, -0.25) is 19.3 Å². The Hall–Kier alpha value is -6.13. The van der Waals surface area contributed by atoms with Gasteiger partial charge in [0.25, 0.3) is 5.91 Å². The highest BCUT2D eigenvalue weighted by molar-refractivity contribution is 6.61. The highest BCUT2D eigenvalue weighted by Crippen LogP contribution is 2.32. The van der Waals surface area contributed by atoms with Gasteiger partial charge >= 0.3 is 17.6 Å². The van der Waals surface area contributed by atoms with E-state index in [1.165, 1.54) is 37.6 Å². The van der Waals surface area contributed by atoms with Crippen LogP contribution in [0.3, 0.4) is 0 Å². The zero-order valence-corrected chi connectivity index (χ0v) is 73.2. The number of carbonyl (C=O) groups excluding carboxylic acids is 6. The van der Waals surface area contributed by atoms with Crippen LogP contribution < -0.4 is 54.9 Å². The van der Waals surface area contributed by atoms with E-state index in [4.69, 9.17) is 49.1 Å². The lowest BCUT2D eigenvalue weighted by molar-refractivity contribution is -0.110. The summed E-state index contributed by atoms with van der Waals surface area (Å²) < 4.78 is 29.3. The molecule has 1 unspecified atom stereocenters. The monoisotopic (exact) mass is 1570 g/mol. The fourth-order valence-corrected chi connectivity index (χ4v) is 9.68. The highest BCUT2D eigenvalue weighted by Gasteiger charge is 2.46. The van der Waals surface area contributed by atoms with Crippen LogP contribution in [0.2, 0.25) is 0 Å². The Kier molecular flexibility index (Phi) is 65.8. The molecular formula is C83H156ClFN12O12. The largest absolute Gasteiger partial charge is 0.503 e. The molecule has 2 aliphatic heterocycles. The topological polar surface area (TPSA) is 363 Å². The average molecular weight is 1570 g/mol. The fraction of sp³-hybridized carbons (Fsp3) is 0.723. The number of ether oxygens (including phenoxy) is 3. The predicted molar refractivity (Wildman–Crippen MR) is 449 cm³/mol. The Balaban J connectivity index is -0.000000400. The first kappa shape index (κ1) is 111. The molecule has 0 saturated carbocycles. The number of nitrogens with two attached hydrogens (primary N) is 4. The van der Waals surface area contributed by atoms with E-state index in [1.807, 2.05) is 120 Å². The van der Waals surface area contributed by atoms with Crippen molar-refractivity contribution in [3.63, 3.8) is 0 Å². The van der Waals surface area contributed by atoms with Crippen LogP contribution in [0.1, 0.15) is 257 Å². The summed E-state index contributed by atoms with van der Waals surface area (Å²) in [6, 6.07) is 17.2. The minimum Gasteiger partial charge on any atom is -0.503 e. The van der Waals surface area contributed by atoms with Crippen LogP contribution in [0.5, 0.6) is 5.75 Å². The summed E-state index contributed by atoms with van der Waals surface area (Å²) in [4.78, 5) is 84.6. The molecule has 3 heterocycles. The van der Waals surface area contributed by atoms with Crippen molar-refractivity contribution in [2.24, 2.45) is 52.5 Å². The number of carbonyl (C=O) groups is 6. The highest BCUT2D eigenvalue weighted by atomic mass is 35.5. The van der Waals surface area contributed by atoms with E-state index in [-0.39, 0.29) is 78.4 Å². The van der Waals surface area contributed by atoms with Gasteiger partial charge in [0.15, 0.2) is 17.2 Å². The number of aliphatic hydroxyl groups is 1. The summed E-state index contributed by atoms with van der Waals surface area (Å²) >= 11 is 4.97. The third-order valence-electron chi connectivity index (χ3n) is 14.9. The van der Waals surface area contributed by atoms with Crippen LogP contribution in [-0.4, -0.2) is 179 Å². The van der Waals surface area contributed by atoms with Gasteiger partial charge in [-0.2, -0.15) is 0 Å². The number of aliphatic hydroxyl groups excluding tert-OH is 1. The number of nitrogens with one attached hydrogen (secondary N) is 5. The van der Waals surface area contributed by atoms with E-state index in [0.717, 1.165) is 107 Å². The van der Waals surface area contributed by atoms with E-state index in [1.54, 1.807) is 21.6 Å². The number of aryl methyl sites for hydroxylation is 1. The first-order valence-electron chi connectivity index (χ1n) is 39.3. The van der Waals surface area contributed by atoms with Crippen LogP contribution in [0.25, 0.3) is 0 Å². The lowest BCUT2D eigenvalue weighted by atomic mass is 10.0. The molecule has 24 nitrogen and oxygen atoms in total. The van der Waals surface area contributed by atoms with E-state index in [2.05, 4.69) is 126 Å². The van der Waals surface area contributed by atoms with Gasteiger partial charge in [-0.05, 0) is 182 Å². The van der Waals surface area contributed by atoms with Crippen LogP contribution in [0, 0.1) is 35.4 Å². The maximum Gasteiger partial charge on any atom is 0.407 e. The molecule has 15 N–H and O–H groups in total. The zero-order chi connectivity index (χ0) is 85.3. The maximum atomic E-state index is 13.2. The van der Waals surface area contributed by atoms with Gasteiger partial charge in [0, 0.05) is 112 Å². The van der Waals surface area contributed by atoms with Crippen LogP contribution >= 0.6 is 11.6 Å². The zero-order valence-electron chi connectivity index (χ0n) is 72.5. The van der Waals surface area contributed by atoms with E-state index < -0.39 is 39.7 Å². The Morgan fingerprint density at radius 1 is 0.633 bits per heavy atom. The number of hydrogen-bond acceptors (Lipinski definition) is 20. The van der Waals surface area contributed by atoms with Gasteiger partial charge in [0.05, 0.1) is 12.1 Å². The van der Waals surface area contributed by atoms with Crippen LogP contribution in [-0.2, 0) is 38.6 Å². The molecule has 1 saturated heterocycles. The predicted octanol–water partition coefficient (Wildman–Crippen LogP) is 13.9. The second-order valence-corrected chi connectivity index (χ2v) is 32.2. The summed E-state index contributed by atoms with van der Waals surface area (Å²) in [6.45, 7) is 60.4. The number of nitrogens with zero attached hydrogens (tertiary/aromatic N) is 3. The fourth-order valence-electron chi connectivity index (χ4n) is 9.62. The number of Topliss-reactive ketones (excluding diaryl/α,β-unsaturated/α-hetero) is 1. The Morgan fingerprint density at radius 3 is 1.49 bits per heavy atom. The molecule has 3 aromatic rings. The Morgan fingerprint density at radius 2 is 1.09 bits per heavy atom. The number of alkyl carbamates (subject to hydrolysis) is 2. The van der Waals surface area contributed by atoms with Crippen molar-refractivity contribution in [2.75, 3.05) is 59.5 Å². The van der Waals surface area contributed by atoms with Crippen molar-refractivity contribution in [1.29, 1.82) is 0 Å². The third kappa shape index (κ3) is 63.1. The maximum absolute atomic E-state index is 13.2. The van der Waals surface area contributed by atoms with Gasteiger partial charge in [-0.1, -0.05) is 152 Å². The number of benzene rings is 2. The molecule has 634 valence electrons. The first-order chi connectivity index (χ1) is 50.6. The SMILES string of the molecule is CC(C)C=O.CC(C)CN1C[C@@H](C)N2C(=O)c3c(O)c(=O)c(C(=O)CCc4ccc(F)cc4)cn3CC12.CC(C)CNC[C@@H](C)N.CC(C)CN[C@@H](C)CN.CCC[C@H](C)N.CCC[C@H](C)NC(=O)OC(C)(C)C.CCC[C@H](C)NCC(C)C.CO.C[C@@H](CN)NC(=O)OC(C)(C)C.O=C(Cl)OCc1ccccc1. The van der Waals surface area contributed by atoms with Gasteiger partial charge < -0.3 is 88.2 Å². The lowest BCUT2D eigenvalue weighted by Crippen LogP contribution is -2.52. The first-order valence-corrected chi connectivity index (χ1v) is 39.7. The number of aromatic hydroxyl groups is 1. The summed E-state index contributed by atoms with van der Waals surface area (Å²) in [6.07, 6.45) is 8.78. The molecule has 2 aliphatic rings. The smallest absolute Gasteiger partial charge is 0.407 e. The van der Waals surface area contributed by atoms with E-state index in [9.17, 15) is 43.1 Å². The van der Waals surface area contributed by atoms with Crippen molar-refractivity contribution in [3.8, 4) is 5.75 Å². The van der Waals surface area contributed by atoms with Gasteiger partial charge in [0.1, 0.15) is 36.1 Å². The molecule has 1 fully saturated rings. The second-order valence-electron chi connectivity index (χ2n) is 31.9. The number of amides is 3. The van der Waals surface area contributed by atoms with E-state index in [0.29, 0.717) is 43.6 Å². The number of halogens is 2. The quantitative estimate of drug-likeness (QED) is 0.0133. The Bertz CT molecular complexity index is 2870. The minimum absolute atomic E-state index is 0.0356. The molecule has 0 aliphatic carbocycles. The summed E-state index contributed by atoms with van der Waals surface area (Å²) in [5, 5.41) is 33.0. The molecule has 2 aromatic carbocycles. The molecule has 26 heteroatoms. The van der Waals surface area contributed by atoms with Crippen LogP contribution in [0.15, 0.2) is 65.6 Å². The lowest BCUT2D eigenvalue weighted by Gasteiger charge is -2.38. The standard InChI is InChI=1S/C24H28FN3O4.C10H21NO2.C9H21N.C8H7ClO2.C8H18N2O2.2C7H18N2.C5H13N.C4H8O.CH4O/c1-14(2)10-26-11-15(3)28-20(26)13-27-12-18(22(30)23(31)21(27)24(28)32)19(29)9-6-16-4-7-17(25)8-5-16;1-6-7-8(2)11-9(12)13-10(3,4)5;1-5-6-9(4)10-7-8(2)3;9-8(10)11-6-7-4-2-1-3-5-7;1-6(5-9)10-7(11)12-8(2,3)4;1-6(2)5-9-7(3)4-8;1-6(2)4-9-5-7(3)8;1-3-4-5(2)6;1-4(2)3-5;1-2/h4-5,7-8,12,14-15,20,31H,6,9-11,13H2,1-3H3;8H,6-7H2,1-5H3,(H,11,12);8-10H,5-7H2,1-4H3;1-5H,6H2;6H,5,9H2,1-4H3,(H,10,11);2*6-7,9H,4-5,8H2,1-3H3;5H,3-4,6H2,1-2H3;3-4H,1-2H3;2H,1H3/t15-,20?;8-;9-;;6-;2*7-;5-;;/m100.0010../s1. The van der Waals surface area contributed by atoms with Crippen molar-refractivity contribution in [3.05, 3.63) is 99.2 Å². The van der Waals surface area contributed by atoms with Crippen LogP contribution in [0.4, 0.5) is 18.8 Å². The summed E-state index contributed by atoms with van der Waals surface area (Å²) in [5.41, 5.74) is 20.7. The molecule has 109 heavy (non-hydrogen) atoms. The molecule has 3 amide bonds. The number of hydrogen-bond donors (Lipinski definition) is 11. The molecule has 8 atom stereocenters. The molecule has 1 aromatic heterocycles. The number of aromatic nitrogens is 1. The van der Waals surface area contributed by atoms with Gasteiger partial charge in [-0.25, -0.2) is 18.8 Å². The number of aldehydes is 1. The second kappa shape index (κ2) is 64.4. The van der Waals surface area contributed by atoms with Gasteiger partial charge in [-0.15, -0.1) is 0 Å². The van der Waals surface area contributed by atoms with E-state index >= 15 is 0 Å². The summed E-state index contributed by atoms with van der Waals surface area (Å²) in [7, 11) is 1.00. The Labute approximate surface area is 663 Å². The molecule has 0 radical (unpaired) electrons. The molecular weight excluding hydrogens is 1410 g/mol. The van der Waals surface area contributed by atoms with Crippen molar-refractivity contribution in [1.82, 2.24) is 41.0 Å². The van der Waals surface area contributed by atoms with Gasteiger partial charge in [0.2, 0.25) is 5.43 Å². The third-order valence-corrected chi connectivity index (χ3v) is 15.0. The van der Waals surface area contributed by atoms with Crippen molar-refractivity contribution < 1.29 is 57.6 Å². The number of ketones is 1. The molecule has 0 bridgehead atoms. The normalized spacial score (nSPS) is 15.0.